The molecule has 1 unspecified atom stereocenters. The number of aryl methyl sites for hydroxylation is 1. The first-order valence-corrected chi connectivity index (χ1v) is 5.93. The van der Waals surface area contributed by atoms with Crippen LogP contribution in [0.15, 0.2) is 9.95 Å². The van der Waals surface area contributed by atoms with Crippen molar-refractivity contribution in [2.45, 2.75) is 30.7 Å². The topological polar surface area (TPSA) is 103 Å². The number of aliphatic hydroxyl groups excluding tert-OH is 1. The molecule has 6 nitrogen and oxygen atoms in total. The van der Waals surface area contributed by atoms with Gasteiger partial charge in [-0.15, -0.1) is 0 Å². The molecule has 0 saturated carbocycles. The van der Waals surface area contributed by atoms with Gasteiger partial charge in [-0.1, -0.05) is 11.8 Å². The molecule has 0 bridgehead atoms. The summed E-state index contributed by atoms with van der Waals surface area (Å²) in [5.41, 5.74) is 0.620. The maximum absolute atomic E-state index is 11.6. The lowest BCUT2D eigenvalue weighted by molar-refractivity contribution is -0.136. The largest absolute Gasteiger partial charge is 0.480 e. The van der Waals surface area contributed by atoms with E-state index >= 15 is 0 Å². The highest BCUT2D eigenvalue weighted by Gasteiger charge is 2.15. The molecule has 0 radical (unpaired) electrons. The van der Waals surface area contributed by atoms with Gasteiger partial charge in [-0.25, -0.2) is 4.98 Å². The molecule has 0 aliphatic heterocycles. The number of thioether (sulfide) groups is 1. The molecule has 17 heavy (non-hydrogen) atoms. The first-order chi connectivity index (χ1) is 7.95. The lowest BCUT2D eigenvalue weighted by atomic mass is 10.2. The van der Waals surface area contributed by atoms with Gasteiger partial charge in [-0.05, 0) is 13.8 Å². The van der Waals surface area contributed by atoms with E-state index in [0.717, 1.165) is 11.8 Å². The summed E-state index contributed by atoms with van der Waals surface area (Å²) in [6, 6.07) is 0. The summed E-state index contributed by atoms with van der Waals surface area (Å²) >= 11 is 0.978. The predicted octanol–water partition coefficient (Wildman–Crippen LogP) is 0.178. The van der Waals surface area contributed by atoms with Gasteiger partial charge in [0.2, 0.25) is 0 Å². The Labute approximate surface area is 102 Å². The third-order valence-electron chi connectivity index (χ3n) is 2.20. The number of hydrogen-bond acceptors (Lipinski definition) is 5. The molecule has 1 heterocycles. The average Bonchev–Trinajstić information content (AvgIpc) is 2.23. The number of nitrogens with zero attached hydrogens (tertiary/aromatic N) is 1. The van der Waals surface area contributed by atoms with E-state index in [1.54, 1.807) is 6.92 Å². The maximum Gasteiger partial charge on any atom is 0.316 e. The summed E-state index contributed by atoms with van der Waals surface area (Å²) < 4.78 is 0. The van der Waals surface area contributed by atoms with Gasteiger partial charge in [0, 0.05) is 24.3 Å². The fourth-order valence-corrected chi connectivity index (χ4v) is 2.04. The van der Waals surface area contributed by atoms with Gasteiger partial charge in [0.1, 0.15) is 5.25 Å². The van der Waals surface area contributed by atoms with Gasteiger partial charge in [0.05, 0.1) is 0 Å². The number of aromatic amines is 1. The fourth-order valence-electron chi connectivity index (χ4n) is 1.26. The molecule has 0 aliphatic rings. The van der Waals surface area contributed by atoms with Crippen molar-refractivity contribution in [2.24, 2.45) is 0 Å². The van der Waals surface area contributed by atoms with Gasteiger partial charge in [-0.2, -0.15) is 0 Å². The average molecular weight is 258 g/mol. The second-order valence-electron chi connectivity index (χ2n) is 3.51. The third kappa shape index (κ3) is 3.57. The minimum atomic E-state index is -0.963. The van der Waals surface area contributed by atoms with Crippen LogP contribution in [-0.4, -0.2) is 38.0 Å². The second-order valence-corrected chi connectivity index (χ2v) is 4.84. The summed E-state index contributed by atoms with van der Waals surface area (Å²) in [6.45, 7) is 3.06. The van der Waals surface area contributed by atoms with E-state index in [4.69, 9.17) is 10.2 Å². The minimum absolute atomic E-state index is 0.121. The van der Waals surface area contributed by atoms with E-state index in [-0.39, 0.29) is 23.7 Å². The molecular formula is C10H14N2O4S. The number of carboxylic acid groups (broad SMARTS) is 1. The van der Waals surface area contributed by atoms with Crippen molar-refractivity contribution < 1.29 is 15.0 Å². The number of aliphatic carboxylic acids is 1. The minimum Gasteiger partial charge on any atom is -0.480 e. The molecule has 1 rings (SSSR count). The zero-order valence-electron chi connectivity index (χ0n) is 9.56. The highest BCUT2D eigenvalue weighted by molar-refractivity contribution is 8.00. The highest BCUT2D eigenvalue weighted by atomic mass is 32.2. The van der Waals surface area contributed by atoms with Gasteiger partial charge < -0.3 is 15.2 Å². The molecule has 0 aliphatic carbocycles. The number of aliphatic hydroxyl groups is 1. The number of carboxylic acids is 1. The van der Waals surface area contributed by atoms with Crippen molar-refractivity contribution >= 4 is 17.7 Å². The van der Waals surface area contributed by atoms with Crippen LogP contribution in [0.4, 0.5) is 0 Å². The van der Waals surface area contributed by atoms with Crippen LogP contribution in [0, 0.1) is 6.92 Å². The van der Waals surface area contributed by atoms with Crippen LogP contribution in [0.3, 0.4) is 0 Å². The maximum atomic E-state index is 11.6. The number of rotatable bonds is 5. The van der Waals surface area contributed by atoms with Crippen molar-refractivity contribution in [2.75, 3.05) is 6.61 Å². The smallest absolute Gasteiger partial charge is 0.316 e. The zero-order valence-corrected chi connectivity index (χ0v) is 10.4. The van der Waals surface area contributed by atoms with E-state index in [1.165, 1.54) is 6.92 Å². The van der Waals surface area contributed by atoms with Crippen LogP contribution in [0.5, 0.6) is 0 Å². The number of H-pyrrole nitrogens is 1. The first-order valence-electron chi connectivity index (χ1n) is 5.05. The van der Waals surface area contributed by atoms with E-state index in [9.17, 15) is 9.59 Å². The highest BCUT2D eigenvalue weighted by Crippen LogP contribution is 2.18. The second kappa shape index (κ2) is 5.83. The Kier molecular flexibility index (Phi) is 4.71. The summed E-state index contributed by atoms with van der Waals surface area (Å²) in [5.74, 6) is -0.963. The number of aromatic nitrogens is 2. The number of hydrogen-bond donors (Lipinski definition) is 3. The van der Waals surface area contributed by atoms with Gasteiger partial charge >= 0.3 is 5.97 Å². The summed E-state index contributed by atoms with van der Waals surface area (Å²) in [6.07, 6.45) is 0.244. The van der Waals surface area contributed by atoms with Crippen LogP contribution in [0.1, 0.15) is 18.2 Å². The Morgan fingerprint density at radius 2 is 2.24 bits per heavy atom. The normalized spacial score (nSPS) is 12.4. The van der Waals surface area contributed by atoms with Crippen molar-refractivity contribution in [3.05, 3.63) is 21.6 Å². The summed E-state index contributed by atoms with van der Waals surface area (Å²) in [5, 5.41) is 17.1. The molecular weight excluding hydrogens is 244 g/mol. The van der Waals surface area contributed by atoms with Crippen LogP contribution >= 0.6 is 11.8 Å². The Morgan fingerprint density at radius 1 is 1.59 bits per heavy atom. The predicted molar refractivity (Wildman–Crippen MR) is 63.3 cm³/mol. The zero-order chi connectivity index (χ0) is 13.0. The monoisotopic (exact) mass is 258 g/mol. The molecule has 94 valence electrons. The van der Waals surface area contributed by atoms with Crippen molar-refractivity contribution in [1.82, 2.24) is 9.97 Å². The van der Waals surface area contributed by atoms with Gasteiger partial charge in [0.25, 0.3) is 5.56 Å². The van der Waals surface area contributed by atoms with Crippen LogP contribution < -0.4 is 5.56 Å². The molecule has 1 aromatic rings. The summed E-state index contributed by atoms with van der Waals surface area (Å²) in [7, 11) is 0. The van der Waals surface area contributed by atoms with Crippen LogP contribution in [-0.2, 0) is 11.2 Å². The van der Waals surface area contributed by atoms with E-state index in [1.807, 2.05) is 0 Å². The lowest BCUT2D eigenvalue weighted by Crippen LogP contribution is -2.20. The molecule has 0 amide bonds. The standard InChI is InChI=1S/C10H14N2O4S/c1-5-7(3-4-13)8(14)12-10(11-5)17-6(2)9(15)16/h6,13H,3-4H2,1-2H3,(H,15,16)(H,11,12,14). The SMILES string of the molecule is Cc1nc(SC(C)C(=O)O)[nH]c(=O)c1CCO. The fraction of sp³-hybridized carbons (Fsp3) is 0.500. The van der Waals surface area contributed by atoms with Crippen molar-refractivity contribution in [3.8, 4) is 0 Å². The molecule has 3 N–H and O–H groups in total. The first kappa shape index (κ1) is 13.7. The Balaban J connectivity index is 2.98. The van der Waals surface area contributed by atoms with E-state index < -0.39 is 11.2 Å². The lowest BCUT2D eigenvalue weighted by Gasteiger charge is -2.07. The molecule has 7 heteroatoms. The molecule has 0 spiro atoms. The van der Waals surface area contributed by atoms with Gasteiger partial charge in [-0.3, -0.25) is 9.59 Å². The Bertz CT molecular complexity index is 472. The van der Waals surface area contributed by atoms with E-state index in [0.29, 0.717) is 11.3 Å². The van der Waals surface area contributed by atoms with Crippen molar-refractivity contribution in [3.63, 3.8) is 0 Å². The Hall–Kier alpha value is -1.34. The molecule has 1 aromatic heterocycles. The summed E-state index contributed by atoms with van der Waals surface area (Å²) in [4.78, 5) is 28.9. The van der Waals surface area contributed by atoms with Crippen LogP contribution in [0.2, 0.25) is 0 Å². The molecule has 0 aromatic carbocycles. The molecule has 0 fully saturated rings. The van der Waals surface area contributed by atoms with Crippen LogP contribution in [0.25, 0.3) is 0 Å². The van der Waals surface area contributed by atoms with Gasteiger partial charge in [0.15, 0.2) is 5.16 Å². The third-order valence-corrected chi connectivity index (χ3v) is 3.17. The quantitative estimate of drug-likeness (QED) is 0.514. The number of carbonyl (C=O) groups is 1. The van der Waals surface area contributed by atoms with Crippen molar-refractivity contribution in [1.29, 1.82) is 0 Å². The van der Waals surface area contributed by atoms with E-state index in [2.05, 4.69) is 9.97 Å². The number of nitrogens with one attached hydrogen (secondary N) is 1. The molecule has 0 saturated heterocycles. The Morgan fingerprint density at radius 3 is 2.71 bits per heavy atom. The molecule has 1 atom stereocenters.